The second kappa shape index (κ2) is 6.05. The SMILES string of the molecule is O=C(Nc1ccon1)c1ccc(C#CCO)c(Cl)c1. The van der Waals surface area contributed by atoms with Crippen molar-refractivity contribution < 1.29 is 14.4 Å². The van der Waals surface area contributed by atoms with Gasteiger partial charge in [0.05, 0.1) is 5.02 Å². The molecule has 6 heteroatoms. The molecular weight excluding hydrogens is 268 g/mol. The first-order valence-electron chi connectivity index (χ1n) is 5.31. The quantitative estimate of drug-likeness (QED) is 0.822. The number of hydrogen-bond acceptors (Lipinski definition) is 4. The van der Waals surface area contributed by atoms with Crippen molar-refractivity contribution in [3.63, 3.8) is 0 Å². The molecule has 1 amide bonds. The Bertz CT molecular complexity index is 642. The molecule has 5 nitrogen and oxygen atoms in total. The summed E-state index contributed by atoms with van der Waals surface area (Å²) < 4.78 is 4.61. The Labute approximate surface area is 114 Å². The molecule has 1 heterocycles. The van der Waals surface area contributed by atoms with E-state index in [4.69, 9.17) is 16.7 Å². The molecule has 1 aromatic carbocycles. The largest absolute Gasteiger partial charge is 0.384 e. The lowest BCUT2D eigenvalue weighted by atomic mass is 10.1. The van der Waals surface area contributed by atoms with Gasteiger partial charge in [0, 0.05) is 17.2 Å². The number of amides is 1. The van der Waals surface area contributed by atoms with Crippen LogP contribution in [0.3, 0.4) is 0 Å². The zero-order chi connectivity index (χ0) is 13.7. The first-order valence-corrected chi connectivity index (χ1v) is 5.69. The monoisotopic (exact) mass is 276 g/mol. The molecule has 0 unspecified atom stereocenters. The summed E-state index contributed by atoms with van der Waals surface area (Å²) in [6.45, 7) is -0.245. The van der Waals surface area contributed by atoms with Gasteiger partial charge in [-0.05, 0) is 18.2 Å². The van der Waals surface area contributed by atoms with Crippen molar-refractivity contribution >= 4 is 23.3 Å². The van der Waals surface area contributed by atoms with Crippen LogP contribution in [0.4, 0.5) is 5.82 Å². The van der Waals surface area contributed by atoms with E-state index in [1.165, 1.54) is 18.4 Å². The van der Waals surface area contributed by atoms with E-state index in [1.54, 1.807) is 12.1 Å². The van der Waals surface area contributed by atoms with Crippen molar-refractivity contribution in [2.45, 2.75) is 0 Å². The standard InChI is InChI=1S/C13H9ClN2O3/c14-11-8-10(4-3-9(11)2-1-6-17)13(18)15-12-5-7-19-16-12/h3-5,7-8,17H,6H2,(H,15,16,18). The molecule has 2 rings (SSSR count). The van der Waals surface area contributed by atoms with E-state index in [2.05, 4.69) is 26.8 Å². The van der Waals surface area contributed by atoms with Gasteiger partial charge in [0.25, 0.3) is 5.91 Å². The molecule has 0 spiro atoms. The lowest BCUT2D eigenvalue weighted by Gasteiger charge is -2.03. The predicted octanol–water partition coefficient (Wildman–Crippen LogP) is 1.92. The van der Waals surface area contributed by atoms with Gasteiger partial charge in [-0.3, -0.25) is 4.79 Å². The maximum atomic E-state index is 11.9. The molecule has 0 saturated heterocycles. The third-order valence-electron chi connectivity index (χ3n) is 2.21. The number of rotatable bonds is 2. The Morgan fingerprint density at radius 1 is 1.47 bits per heavy atom. The van der Waals surface area contributed by atoms with Crippen LogP contribution in [0.25, 0.3) is 0 Å². The maximum Gasteiger partial charge on any atom is 0.256 e. The van der Waals surface area contributed by atoms with E-state index in [0.29, 0.717) is 22.0 Å². The van der Waals surface area contributed by atoms with E-state index >= 15 is 0 Å². The van der Waals surface area contributed by atoms with Gasteiger partial charge in [-0.25, -0.2) is 0 Å². The molecular formula is C13H9ClN2O3. The molecule has 0 aliphatic carbocycles. The lowest BCUT2D eigenvalue weighted by molar-refractivity contribution is 0.102. The Balaban J connectivity index is 2.17. The molecule has 0 aliphatic heterocycles. The Hall–Kier alpha value is -2.29. The topological polar surface area (TPSA) is 75.4 Å². The molecule has 96 valence electrons. The van der Waals surface area contributed by atoms with Crippen LogP contribution in [0.5, 0.6) is 0 Å². The number of carbonyl (C=O) groups excluding carboxylic acids is 1. The highest BCUT2D eigenvalue weighted by atomic mass is 35.5. The fraction of sp³-hybridized carbons (Fsp3) is 0.0769. The molecule has 2 aromatic rings. The van der Waals surface area contributed by atoms with Crippen molar-refractivity contribution in [3.8, 4) is 11.8 Å². The molecule has 0 atom stereocenters. The van der Waals surface area contributed by atoms with Gasteiger partial charge in [0.1, 0.15) is 12.9 Å². The van der Waals surface area contributed by atoms with E-state index in [1.807, 2.05) is 0 Å². The number of benzene rings is 1. The van der Waals surface area contributed by atoms with Gasteiger partial charge in [-0.2, -0.15) is 0 Å². The first-order chi connectivity index (χ1) is 9.20. The average molecular weight is 277 g/mol. The summed E-state index contributed by atoms with van der Waals surface area (Å²) >= 11 is 5.99. The van der Waals surface area contributed by atoms with Crippen LogP contribution in [0, 0.1) is 11.8 Å². The maximum absolute atomic E-state index is 11.9. The summed E-state index contributed by atoms with van der Waals surface area (Å²) in [6, 6.07) is 6.23. The highest BCUT2D eigenvalue weighted by Crippen LogP contribution is 2.18. The lowest BCUT2D eigenvalue weighted by Crippen LogP contribution is -2.12. The molecule has 2 N–H and O–H groups in total. The van der Waals surface area contributed by atoms with Crippen molar-refractivity contribution in [1.29, 1.82) is 0 Å². The summed E-state index contributed by atoms with van der Waals surface area (Å²) in [7, 11) is 0. The summed E-state index contributed by atoms with van der Waals surface area (Å²) in [5.41, 5.74) is 0.927. The minimum Gasteiger partial charge on any atom is -0.384 e. The minimum atomic E-state index is -0.350. The highest BCUT2D eigenvalue weighted by Gasteiger charge is 2.09. The van der Waals surface area contributed by atoms with Crippen molar-refractivity contribution in [3.05, 3.63) is 46.7 Å². The summed E-state index contributed by atoms with van der Waals surface area (Å²) in [5.74, 6) is 5.15. The van der Waals surface area contributed by atoms with Crippen LogP contribution in [-0.2, 0) is 0 Å². The van der Waals surface area contributed by atoms with Gasteiger partial charge >= 0.3 is 0 Å². The van der Waals surface area contributed by atoms with Gasteiger partial charge in [0.2, 0.25) is 0 Å². The van der Waals surface area contributed by atoms with E-state index in [0.717, 1.165) is 0 Å². The number of carbonyl (C=O) groups is 1. The zero-order valence-corrected chi connectivity index (χ0v) is 10.4. The van der Waals surface area contributed by atoms with Crippen LogP contribution >= 0.6 is 11.6 Å². The van der Waals surface area contributed by atoms with Crippen LogP contribution in [0.15, 0.2) is 35.1 Å². The number of aliphatic hydroxyl groups is 1. The number of halogens is 1. The number of hydrogen-bond donors (Lipinski definition) is 2. The number of anilines is 1. The zero-order valence-electron chi connectivity index (χ0n) is 9.68. The van der Waals surface area contributed by atoms with Crippen molar-refractivity contribution in [1.82, 2.24) is 5.16 Å². The first kappa shape index (κ1) is 13.1. The van der Waals surface area contributed by atoms with Gasteiger partial charge in [-0.15, -0.1) is 0 Å². The Morgan fingerprint density at radius 3 is 2.95 bits per heavy atom. The fourth-order valence-corrected chi connectivity index (χ4v) is 1.59. The average Bonchev–Trinajstić information content (AvgIpc) is 2.90. The van der Waals surface area contributed by atoms with E-state index in [-0.39, 0.29) is 12.5 Å². The third-order valence-corrected chi connectivity index (χ3v) is 2.53. The minimum absolute atomic E-state index is 0.245. The Morgan fingerprint density at radius 2 is 2.32 bits per heavy atom. The predicted molar refractivity (Wildman–Crippen MR) is 69.9 cm³/mol. The number of aromatic nitrogens is 1. The fourth-order valence-electron chi connectivity index (χ4n) is 1.36. The second-order valence-electron chi connectivity index (χ2n) is 3.49. The molecule has 0 radical (unpaired) electrons. The van der Waals surface area contributed by atoms with E-state index in [9.17, 15) is 4.79 Å². The molecule has 1 aromatic heterocycles. The van der Waals surface area contributed by atoms with Gasteiger partial charge in [0.15, 0.2) is 5.82 Å². The van der Waals surface area contributed by atoms with Gasteiger partial charge in [-0.1, -0.05) is 28.6 Å². The van der Waals surface area contributed by atoms with Crippen molar-refractivity contribution in [2.75, 3.05) is 11.9 Å². The van der Waals surface area contributed by atoms with Crippen LogP contribution in [0.2, 0.25) is 5.02 Å². The molecule has 0 fully saturated rings. The molecule has 0 aliphatic rings. The summed E-state index contributed by atoms with van der Waals surface area (Å²) in [5, 5.41) is 15.1. The molecule has 0 bridgehead atoms. The number of aliphatic hydroxyl groups excluding tert-OH is 1. The second-order valence-corrected chi connectivity index (χ2v) is 3.90. The summed E-state index contributed by atoms with van der Waals surface area (Å²) in [6.07, 6.45) is 1.36. The molecule has 19 heavy (non-hydrogen) atoms. The smallest absolute Gasteiger partial charge is 0.256 e. The normalized spacial score (nSPS) is 9.58. The van der Waals surface area contributed by atoms with Crippen LogP contribution in [-0.4, -0.2) is 22.8 Å². The number of nitrogens with one attached hydrogen (secondary N) is 1. The highest BCUT2D eigenvalue weighted by molar-refractivity contribution is 6.32. The Kier molecular flexibility index (Phi) is 4.18. The third kappa shape index (κ3) is 3.35. The molecule has 0 saturated carbocycles. The van der Waals surface area contributed by atoms with Crippen LogP contribution in [0.1, 0.15) is 15.9 Å². The number of nitrogens with zero attached hydrogens (tertiary/aromatic N) is 1. The summed E-state index contributed by atoms with van der Waals surface area (Å²) in [4.78, 5) is 11.9. The van der Waals surface area contributed by atoms with E-state index < -0.39 is 0 Å². The van der Waals surface area contributed by atoms with Crippen LogP contribution < -0.4 is 5.32 Å². The van der Waals surface area contributed by atoms with Crippen molar-refractivity contribution in [2.24, 2.45) is 0 Å². The van der Waals surface area contributed by atoms with Gasteiger partial charge < -0.3 is 14.9 Å².